The van der Waals surface area contributed by atoms with E-state index in [1.165, 1.54) is 9.75 Å². The first-order valence-electron chi connectivity index (χ1n) is 5.06. The van der Waals surface area contributed by atoms with Crippen LogP contribution in [-0.4, -0.2) is 7.11 Å². The lowest BCUT2D eigenvalue weighted by Crippen LogP contribution is -1.96. The van der Waals surface area contributed by atoms with Crippen molar-refractivity contribution >= 4 is 16.9 Å². The molecule has 0 atom stereocenters. The van der Waals surface area contributed by atoms with Crippen LogP contribution in [0.4, 0.5) is 0 Å². The largest absolute Gasteiger partial charge is 0.501 e. The molecular weight excluding hydrogens is 204 g/mol. The van der Waals surface area contributed by atoms with Crippen molar-refractivity contribution in [3.63, 3.8) is 0 Å². The molecule has 0 saturated heterocycles. The first-order chi connectivity index (χ1) is 7.04. The van der Waals surface area contributed by atoms with Gasteiger partial charge in [-0.1, -0.05) is 20.4 Å². The van der Waals surface area contributed by atoms with E-state index in [4.69, 9.17) is 4.74 Å². The lowest BCUT2D eigenvalue weighted by atomic mass is 10.1. The third-order valence-corrected chi connectivity index (χ3v) is 3.25. The Morgan fingerprint density at radius 3 is 2.53 bits per heavy atom. The van der Waals surface area contributed by atoms with E-state index in [0.29, 0.717) is 5.92 Å². The van der Waals surface area contributed by atoms with Crippen molar-refractivity contribution < 1.29 is 4.74 Å². The summed E-state index contributed by atoms with van der Waals surface area (Å²) in [7, 11) is 1.71. The Hall–Kier alpha value is -1.02. The van der Waals surface area contributed by atoms with E-state index in [1.807, 2.05) is 6.08 Å². The van der Waals surface area contributed by atoms with Gasteiger partial charge in [-0.05, 0) is 30.7 Å². The van der Waals surface area contributed by atoms with Gasteiger partial charge in [-0.3, -0.25) is 0 Å². The lowest BCUT2D eigenvalue weighted by molar-refractivity contribution is 0.254. The van der Waals surface area contributed by atoms with Crippen molar-refractivity contribution in [3.05, 3.63) is 40.3 Å². The quantitative estimate of drug-likeness (QED) is 0.546. The molecule has 0 radical (unpaired) electrons. The molecule has 1 heterocycles. The number of methoxy groups -OCH3 is 1. The molecule has 0 aliphatic rings. The van der Waals surface area contributed by atoms with Crippen LogP contribution < -0.4 is 0 Å². The number of ether oxygens (including phenoxy) is 1. The van der Waals surface area contributed by atoms with Crippen LogP contribution in [0, 0.1) is 12.8 Å². The van der Waals surface area contributed by atoms with Crippen LogP contribution in [0.2, 0.25) is 0 Å². The van der Waals surface area contributed by atoms with Crippen molar-refractivity contribution in [2.24, 2.45) is 5.92 Å². The molecule has 82 valence electrons. The molecular formula is C13H18OS. The van der Waals surface area contributed by atoms with Crippen molar-refractivity contribution in [1.82, 2.24) is 0 Å². The SMILES string of the molecule is C=C(/C=C(\OC)C(C)C)c1ccc(C)s1. The Bertz CT molecular complexity index is 372. The van der Waals surface area contributed by atoms with Gasteiger partial charge >= 0.3 is 0 Å². The lowest BCUT2D eigenvalue weighted by Gasteiger charge is -2.10. The van der Waals surface area contributed by atoms with Crippen LogP contribution in [0.3, 0.4) is 0 Å². The summed E-state index contributed by atoms with van der Waals surface area (Å²) in [5.41, 5.74) is 1.03. The maximum absolute atomic E-state index is 5.32. The highest BCUT2D eigenvalue weighted by Gasteiger charge is 2.05. The van der Waals surface area contributed by atoms with Gasteiger partial charge in [0.25, 0.3) is 0 Å². The number of rotatable bonds is 4. The second kappa shape index (κ2) is 5.17. The maximum Gasteiger partial charge on any atom is 0.0986 e. The highest BCUT2D eigenvalue weighted by Crippen LogP contribution is 2.25. The number of allylic oxidation sites excluding steroid dienone is 3. The zero-order valence-electron chi connectivity index (χ0n) is 9.83. The average Bonchev–Trinajstić information content (AvgIpc) is 2.60. The van der Waals surface area contributed by atoms with Crippen LogP contribution in [-0.2, 0) is 4.74 Å². The Kier molecular flexibility index (Phi) is 4.15. The van der Waals surface area contributed by atoms with Crippen molar-refractivity contribution in [2.75, 3.05) is 7.11 Å². The minimum absolute atomic E-state index is 0.396. The van der Waals surface area contributed by atoms with Gasteiger partial charge < -0.3 is 4.74 Å². The number of aryl methyl sites for hydroxylation is 1. The van der Waals surface area contributed by atoms with Crippen molar-refractivity contribution in [2.45, 2.75) is 20.8 Å². The smallest absolute Gasteiger partial charge is 0.0986 e. The van der Waals surface area contributed by atoms with Crippen LogP contribution in [0.1, 0.15) is 23.6 Å². The first kappa shape index (κ1) is 12.1. The summed E-state index contributed by atoms with van der Waals surface area (Å²) in [5.74, 6) is 1.37. The molecule has 0 N–H and O–H groups in total. The molecule has 1 rings (SSSR count). The molecule has 15 heavy (non-hydrogen) atoms. The molecule has 0 bridgehead atoms. The molecule has 0 unspecified atom stereocenters. The zero-order valence-corrected chi connectivity index (χ0v) is 10.6. The molecule has 0 spiro atoms. The Morgan fingerprint density at radius 1 is 1.47 bits per heavy atom. The van der Waals surface area contributed by atoms with Gasteiger partial charge in [-0.2, -0.15) is 0 Å². The minimum atomic E-state index is 0.396. The monoisotopic (exact) mass is 222 g/mol. The van der Waals surface area contributed by atoms with E-state index >= 15 is 0 Å². The third kappa shape index (κ3) is 3.24. The van der Waals surface area contributed by atoms with E-state index in [2.05, 4.69) is 39.5 Å². The molecule has 1 aromatic rings. The molecule has 0 saturated carbocycles. The molecule has 0 fully saturated rings. The Balaban J connectivity index is 2.86. The molecule has 0 aliphatic heterocycles. The maximum atomic E-state index is 5.32. The second-order valence-corrected chi connectivity index (χ2v) is 5.13. The van der Waals surface area contributed by atoms with E-state index in [0.717, 1.165) is 11.3 Å². The van der Waals surface area contributed by atoms with Crippen LogP contribution in [0.15, 0.2) is 30.5 Å². The number of thiophene rings is 1. The standard InChI is InChI=1S/C13H18OS/c1-9(2)12(14-5)8-10(3)13-7-6-11(4)15-13/h6-9H,3H2,1-2,4-5H3/b12-8-. The highest BCUT2D eigenvalue weighted by molar-refractivity contribution is 7.13. The van der Waals surface area contributed by atoms with Crippen LogP contribution >= 0.6 is 11.3 Å². The Labute approximate surface area is 96.1 Å². The molecule has 0 aliphatic carbocycles. The number of hydrogen-bond acceptors (Lipinski definition) is 2. The molecule has 1 nitrogen and oxygen atoms in total. The van der Waals surface area contributed by atoms with Gasteiger partial charge in [0, 0.05) is 15.7 Å². The van der Waals surface area contributed by atoms with E-state index in [1.54, 1.807) is 18.4 Å². The fourth-order valence-corrected chi connectivity index (χ4v) is 2.12. The van der Waals surface area contributed by atoms with E-state index in [-0.39, 0.29) is 0 Å². The normalized spacial score (nSPS) is 11.9. The third-order valence-electron chi connectivity index (χ3n) is 2.18. The summed E-state index contributed by atoms with van der Waals surface area (Å²) in [6, 6.07) is 4.22. The summed E-state index contributed by atoms with van der Waals surface area (Å²) in [5, 5.41) is 0. The van der Waals surface area contributed by atoms with Gasteiger partial charge in [-0.15, -0.1) is 11.3 Å². The van der Waals surface area contributed by atoms with Crippen molar-refractivity contribution in [1.29, 1.82) is 0 Å². The Morgan fingerprint density at radius 2 is 2.13 bits per heavy atom. The van der Waals surface area contributed by atoms with Gasteiger partial charge in [0.1, 0.15) is 0 Å². The molecule has 1 aromatic heterocycles. The highest BCUT2D eigenvalue weighted by atomic mass is 32.1. The summed E-state index contributed by atoms with van der Waals surface area (Å²) < 4.78 is 5.32. The summed E-state index contributed by atoms with van der Waals surface area (Å²) in [6.45, 7) is 10.4. The van der Waals surface area contributed by atoms with Crippen LogP contribution in [0.5, 0.6) is 0 Å². The molecule has 2 heteroatoms. The number of hydrogen-bond donors (Lipinski definition) is 0. The van der Waals surface area contributed by atoms with Gasteiger partial charge in [0.05, 0.1) is 12.9 Å². The average molecular weight is 222 g/mol. The topological polar surface area (TPSA) is 9.23 Å². The fourth-order valence-electron chi connectivity index (χ4n) is 1.31. The van der Waals surface area contributed by atoms with Crippen LogP contribution in [0.25, 0.3) is 5.57 Å². The second-order valence-electron chi connectivity index (χ2n) is 3.84. The summed E-state index contributed by atoms with van der Waals surface area (Å²) >= 11 is 1.76. The molecule has 0 amide bonds. The van der Waals surface area contributed by atoms with Gasteiger partial charge in [-0.25, -0.2) is 0 Å². The first-order valence-corrected chi connectivity index (χ1v) is 5.87. The van der Waals surface area contributed by atoms with Gasteiger partial charge in [0.2, 0.25) is 0 Å². The van der Waals surface area contributed by atoms with Gasteiger partial charge in [0.15, 0.2) is 0 Å². The summed E-state index contributed by atoms with van der Waals surface area (Å²) in [6.07, 6.45) is 2.02. The van der Waals surface area contributed by atoms with Crippen molar-refractivity contribution in [3.8, 4) is 0 Å². The fraction of sp³-hybridized carbons (Fsp3) is 0.385. The predicted octanol–water partition coefficient (Wildman–Crippen LogP) is 4.26. The predicted molar refractivity (Wildman–Crippen MR) is 68.0 cm³/mol. The van der Waals surface area contributed by atoms with E-state index < -0.39 is 0 Å². The molecule has 0 aromatic carbocycles. The zero-order chi connectivity index (χ0) is 11.4. The minimum Gasteiger partial charge on any atom is -0.501 e. The summed E-state index contributed by atoms with van der Waals surface area (Å²) in [4.78, 5) is 2.52. The van der Waals surface area contributed by atoms with E-state index in [9.17, 15) is 0 Å².